The Kier molecular flexibility index (Phi) is 5.19. The molecule has 0 amide bonds. The predicted octanol–water partition coefficient (Wildman–Crippen LogP) is 6.00. The van der Waals surface area contributed by atoms with Crippen LogP contribution in [0, 0.1) is 10.8 Å². The van der Waals surface area contributed by atoms with Gasteiger partial charge in [0, 0.05) is 41.7 Å². The molecule has 1 aromatic heterocycles. The van der Waals surface area contributed by atoms with Crippen LogP contribution in [-0.2, 0) is 9.59 Å². The lowest BCUT2D eigenvalue weighted by Crippen LogP contribution is -2.33. The lowest BCUT2D eigenvalue weighted by atomic mass is 9.68. The van der Waals surface area contributed by atoms with E-state index in [0.29, 0.717) is 25.7 Å². The SMILES string of the molecule is CC1(C)CC(=O)C(C(C2=C(O)CC(C)(C)CC2=O)c2ccc(Br)s2)=C(O)C1. The highest BCUT2D eigenvalue weighted by Crippen LogP contribution is 2.49. The molecule has 0 aliphatic heterocycles. The maximum Gasteiger partial charge on any atom is 0.163 e. The van der Waals surface area contributed by atoms with E-state index in [-0.39, 0.29) is 45.1 Å². The van der Waals surface area contributed by atoms with E-state index in [4.69, 9.17) is 0 Å². The molecule has 0 unspecified atom stereocenters. The fourth-order valence-corrected chi connectivity index (χ4v) is 5.71. The summed E-state index contributed by atoms with van der Waals surface area (Å²) in [5.74, 6) is -0.965. The van der Waals surface area contributed by atoms with E-state index in [1.165, 1.54) is 11.3 Å². The molecule has 0 fully saturated rings. The summed E-state index contributed by atoms with van der Waals surface area (Å²) in [5.41, 5.74) is -0.114. The van der Waals surface area contributed by atoms with E-state index in [2.05, 4.69) is 15.9 Å². The van der Waals surface area contributed by atoms with Gasteiger partial charge in [-0.15, -0.1) is 11.3 Å². The first kappa shape index (κ1) is 20.3. The van der Waals surface area contributed by atoms with Crippen LogP contribution < -0.4 is 0 Å². The molecule has 27 heavy (non-hydrogen) atoms. The van der Waals surface area contributed by atoms with Gasteiger partial charge in [0.05, 0.1) is 9.70 Å². The quantitative estimate of drug-likeness (QED) is 0.589. The van der Waals surface area contributed by atoms with Crippen molar-refractivity contribution < 1.29 is 19.8 Å². The third-order valence-electron chi connectivity index (χ3n) is 5.25. The zero-order chi connectivity index (χ0) is 20.1. The number of hydrogen-bond donors (Lipinski definition) is 2. The number of allylic oxidation sites excluding steroid dienone is 4. The molecular formula is C21H25BrO4S. The van der Waals surface area contributed by atoms with Crippen molar-refractivity contribution in [1.82, 2.24) is 0 Å². The number of ketones is 2. The molecule has 2 aliphatic carbocycles. The van der Waals surface area contributed by atoms with Gasteiger partial charge in [0.1, 0.15) is 11.5 Å². The normalized spacial score (nSPS) is 22.7. The number of hydrogen-bond acceptors (Lipinski definition) is 5. The van der Waals surface area contributed by atoms with Crippen LogP contribution in [0.15, 0.2) is 38.6 Å². The van der Waals surface area contributed by atoms with Gasteiger partial charge in [-0.3, -0.25) is 9.59 Å². The molecule has 0 aromatic carbocycles. The van der Waals surface area contributed by atoms with E-state index >= 15 is 0 Å². The van der Waals surface area contributed by atoms with Crippen LogP contribution in [0.25, 0.3) is 0 Å². The molecular weight excluding hydrogens is 428 g/mol. The van der Waals surface area contributed by atoms with Gasteiger partial charge in [0.25, 0.3) is 0 Å². The topological polar surface area (TPSA) is 74.6 Å². The van der Waals surface area contributed by atoms with Gasteiger partial charge in [-0.25, -0.2) is 0 Å². The highest BCUT2D eigenvalue weighted by molar-refractivity contribution is 9.11. The van der Waals surface area contributed by atoms with Gasteiger partial charge >= 0.3 is 0 Å². The number of thiophene rings is 1. The van der Waals surface area contributed by atoms with Crippen molar-refractivity contribution >= 4 is 38.8 Å². The molecule has 2 N–H and O–H groups in total. The summed E-state index contributed by atoms with van der Waals surface area (Å²) in [6, 6.07) is 3.71. The number of aliphatic hydroxyl groups excluding tert-OH is 2. The first-order chi connectivity index (χ1) is 12.4. The minimum Gasteiger partial charge on any atom is -0.512 e. The minimum absolute atomic E-state index is 0.0312. The van der Waals surface area contributed by atoms with Gasteiger partial charge in [0.2, 0.25) is 0 Å². The Balaban J connectivity index is 2.20. The minimum atomic E-state index is -0.714. The second-order valence-corrected chi connectivity index (χ2v) is 11.7. The molecule has 1 heterocycles. The third-order valence-corrected chi connectivity index (χ3v) is 6.94. The van der Waals surface area contributed by atoms with Gasteiger partial charge in [-0.2, -0.15) is 0 Å². The average molecular weight is 453 g/mol. The molecule has 0 bridgehead atoms. The van der Waals surface area contributed by atoms with Gasteiger partial charge < -0.3 is 10.2 Å². The standard InChI is InChI=1S/C21H25BrO4S/c1-20(2)7-11(23)17(12(24)8-20)19(15-5-6-16(22)27-15)18-13(25)9-21(3,4)10-14(18)26/h5-6,19,23,25H,7-10H2,1-4H3. The van der Waals surface area contributed by atoms with Crippen LogP contribution in [-0.4, -0.2) is 21.8 Å². The summed E-state index contributed by atoms with van der Waals surface area (Å²) in [7, 11) is 0. The number of rotatable bonds is 3. The van der Waals surface area contributed by atoms with E-state index in [1.807, 2.05) is 39.8 Å². The van der Waals surface area contributed by atoms with Crippen molar-refractivity contribution in [3.05, 3.63) is 43.5 Å². The van der Waals surface area contributed by atoms with Crippen molar-refractivity contribution in [2.75, 3.05) is 0 Å². The maximum absolute atomic E-state index is 13.0. The summed E-state index contributed by atoms with van der Waals surface area (Å²) < 4.78 is 0.870. The van der Waals surface area contributed by atoms with E-state index in [0.717, 1.165) is 8.66 Å². The smallest absolute Gasteiger partial charge is 0.163 e. The van der Waals surface area contributed by atoms with Crippen molar-refractivity contribution in [2.24, 2.45) is 10.8 Å². The highest BCUT2D eigenvalue weighted by atomic mass is 79.9. The van der Waals surface area contributed by atoms with E-state index < -0.39 is 5.92 Å². The molecule has 3 rings (SSSR count). The number of Topliss-reactive ketones (excluding diaryl/α,β-unsaturated/α-hetero) is 2. The summed E-state index contributed by atoms with van der Waals surface area (Å²) >= 11 is 4.85. The lowest BCUT2D eigenvalue weighted by Gasteiger charge is -2.36. The molecule has 0 spiro atoms. The summed E-state index contributed by atoms with van der Waals surface area (Å²) in [6.07, 6.45) is 1.38. The zero-order valence-electron chi connectivity index (χ0n) is 16.1. The van der Waals surface area contributed by atoms with Crippen molar-refractivity contribution in [1.29, 1.82) is 0 Å². The second kappa shape index (κ2) is 6.89. The maximum atomic E-state index is 13.0. The van der Waals surface area contributed by atoms with Crippen molar-refractivity contribution in [3.63, 3.8) is 0 Å². The Morgan fingerprint density at radius 1 is 0.889 bits per heavy atom. The van der Waals surface area contributed by atoms with Crippen molar-refractivity contribution in [2.45, 2.75) is 59.3 Å². The van der Waals surface area contributed by atoms with Gasteiger partial charge in [-0.05, 0) is 38.9 Å². The highest BCUT2D eigenvalue weighted by Gasteiger charge is 2.44. The van der Waals surface area contributed by atoms with Crippen LogP contribution in [0.4, 0.5) is 0 Å². The van der Waals surface area contributed by atoms with Crippen LogP contribution in [0.2, 0.25) is 0 Å². The molecule has 2 aliphatic rings. The molecule has 0 saturated carbocycles. The molecule has 4 nitrogen and oxygen atoms in total. The molecule has 0 radical (unpaired) electrons. The zero-order valence-corrected chi connectivity index (χ0v) is 18.5. The molecule has 146 valence electrons. The van der Waals surface area contributed by atoms with Gasteiger partial charge in [-0.1, -0.05) is 27.7 Å². The Hall–Kier alpha value is -1.40. The second-order valence-electron chi connectivity index (χ2n) is 9.18. The third kappa shape index (κ3) is 4.06. The Morgan fingerprint density at radius 3 is 1.67 bits per heavy atom. The van der Waals surface area contributed by atoms with Crippen LogP contribution >= 0.6 is 27.3 Å². The molecule has 0 atom stereocenters. The van der Waals surface area contributed by atoms with Crippen LogP contribution in [0.1, 0.15) is 64.2 Å². The fraction of sp³-hybridized carbons (Fsp3) is 0.524. The average Bonchev–Trinajstić information content (AvgIpc) is 2.87. The number of halogens is 1. The Morgan fingerprint density at radius 2 is 1.33 bits per heavy atom. The fourth-order valence-electron chi connectivity index (χ4n) is 4.17. The van der Waals surface area contributed by atoms with E-state index in [1.54, 1.807) is 0 Å². The number of aliphatic hydroxyl groups is 2. The van der Waals surface area contributed by atoms with Crippen LogP contribution in [0.5, 0.6) is 0 Å². The Bertz CT molecular complexity index is 820. The van der Waals surface area contributed by atoms with Gasteiger partial charge in [0.15, 0.2) is 11.6 Å². The summed E-state index contributed by atoms with van der Waals surface area (Å²) in [5, 5.41) is 21.5. The van der Waals surface area contributed by atoms with Crippen molar-refractivity contribution in [3.8, 4) is 0 Å². The summed E-state index contributed by atoms with van der Waals surface area (Å²) in [6.45, 7) is 7.78. The number of carbonyl (C=O) groups excluding carboxylic acids is 2. The first-order valence-electron chi connectivity index (χ1n) is 9.06. The largest absolute Gasteiger partial charge is 0.512 e. The molecule has 6 heteroatoms. The predicted molar refractivity (Wildman–Crippen MR) is 110 cm³/mol. The number of carbonyl (C=O) groups is 2. The van der Waals surface area contributed by atoms with Crippen LogP contribution in [0.3, 0.4) is 0 Å². The molecule has 0 saturated heterocycles. The first-order valence-corrected chi connectivity index (χ1v) is 10.7. The summed E-state index contributed by atoms with van der Waals surface area (Å²) in [4.78, 5) is 26.7. The monoisotopic (exact) mass is 452 g/mol. The van der Waals surface area contributed by atoms with E-state index in [9.17, 15) is 19.8 Å². The Labute approximate surface area is 172 Å². The lowest BCUT2D eigenvalue weighted by molar-refractivity contribution is -0.119. The molecule has 1 aromatic rings.